The predicted octanol–water partition coefficient (Wildman–Crippen LogP) is 6.98. The van der Waals surface area contributed by atoms with Crippen molar-refractivity contribution in [1.82, 2.24) is 0 Å². The molecule has 0 aliphatic carbocycles. The summed E-state index contributed by atoms with van der Waals surface area (Å²) in [5.41, 5.74) is 3.06. The highest BCUT2D eigenvalue weighted by molar-refractivity contribution is 5.46. The topological polar surface area (TPSA) is 9.23 Å². The summed E-state index contributed by atoms with van der Waals surface area (Å²) in [6.07, 6.45) is 9.61. The Morgan fingerprint density at radius 3 is 1.75 bits per heavy atom. The molecule has 0 unspecified atom stereocenters. The molecule has 2 aromatic rings. The summed E-state index contributed by atoms with van der Waals surface area (Å²) in [4.78, 5) is 0. The summed E-state index contributed by atoms with van der Waals surface area (Å²) in [6.45, 7) is 5.22. The van der Waals surface area contributed by atoms with Crippen molar-refractivity contribution in [1.29, 1.82) is 0 Å². The lowest BCUT2D eigenvalue weighted by Gasteiger charge is -2.05. The first kappa shape index (κ1) is 21.7. The highest BCUT2D eigenvalue weighted by Crippen LogP contribution is 2.13. The zero-order valence-electron chi connectivity index (χ0n) is 17.4. The van der Waals surface area contributed by atoms with Gasteiger partial charge in [0.1, 0.15) is 5.75 Å². The van der Waals surface area contributed by atoms with Gasteiger partial charge in [0.15, 0.2) is 0 Å². The quantitative estimate of drug-likeness (QED) is 0.341. The molecule has 0 fully saturated rings. The Kier molecular flexibility index (Phi) is 10.5. The Labute approximate surface area is 171 Å². The second-order valence-corrected chi connectivity index (χ2v) is 7.02. The minimum Gasteiger partial charge on any atom is -0.494 e. The molecule has 0 aromatic heterocycles. The molecule has 28 heavy (non-hydrogen) atoms. The Morgan fingerprint density at radius 2 is 1.14 bits per heavy atom. The van der Waals surface area contributed by atoms with Crippen LogP contribution in [-0.4, -0.2) is 6.61 Å². The van der Waals surface area contributed by atoms with Gasteiger partial charge in [0.2, 0.25) is 0 Å². The van der Waals surface area contributed by atoms with Gasteiger partial charge in [-0.2, -0.15) is 0 Å². The molecular formula is C27H32O. The van der Waals surface area contributed by atoms with E-state index in [1.807, 2.05) is 48.5 Å². The molecule has 0 spiro atoms. The Bertz CT molecular complexity index is 792. The lowest BCUT2D eigenvalue weighted by atomic mass is 10.1. The maximum Gasteiger partial charge on any atom is 0.119 e. The largest absolute Gasteiger partial charge is 0.494 e. The molecule has 146 valence electrons. The number of unbranched alkanes of at least 4 members (excludes halogenated alkanes) is 6. The van der Waals surface area contributed by atoms with Crippen LogP contribution in [0.2, 0.25) is 0 Å². The molecule has 1 nitrogen and oxygen atoms in total. The van der Waals surface area contributed by atoms with Crippen LogP contribution >= 0.6 is 0 Å². The van der Waals surface area contributed by atoms with Crippen LogP contribution < -0.4 is 4.74 Å². The second-order valence-electron chi connectivity index (χ2n) is 7.02. The van der Waals surface area contributed by atoms with Gasteiger partial charge in [0.05, 0.1) is 6.61 Å². The van der Waals surface area contributed by atoms with E-state index >= 15 is 0 Å². The molecule has 0 aliphatic heterocycles. The SMILES string of the molecule is CCCCC#Cc1ccc(C#Cc2ccc(OCCCCCCC)cc2)cc1. The molecular weight excluding hydrogens is 340 g/mol. The summed E-state index contributed by atoms with van der Waals surface area (Å²) < 4.78 is 5.80. The minimum atomic E-state index is 0.794. The van der Waals surface area contributed by atoms with E-state index in [1.165, 1.54) is 38.5 Å². The van der Waals surface area contributed by atoms with Gasteiger partial charge in [-0.25, -0.2) is 0 Å². The third-order valence-electron chi connectivity index (χ3n) is 4.50. The van der Waals surface area contributed by atoms with E-state index in [-0.39, 0.29) is 0 Å². The van der Waals surface area contributed by atoms with Gasteiger partial charge < -0.3 is 4.74 Å². The predicted molar refractivity (Wildman–Crippen MR) is 120 cm³/mol. The van der Waals surface area contributed by atoms with Crippen LogP contribution in [0.25, 0.3) is 0 Å². The number of rotatable bonds is 9. The van der Waals surface area contributed by atoms with E-state index in [2.05, 4.69) is 37.5 Å². The zero-order chi connectivity index (χ0) is 19.9. The number of hydrogen-bond donors (Lipinski definition) is 0. The van der Waals surface area contributed by atoms with E-state index in [0.29, 0.717) is 0 Å². The van der Waals surface area contributed by atoms with Crippen molar-refractivity contribution in [3.05, 3.63) is 65.2 Å². The van der Waals surface area contributed by atoms with Crippen molar-refractivity contribution in [2.24, 2.45) is 0 Å². The maximum atomic E-state index is 5.80. The summed E-state index contributed by atoms with van der Waals surface area (Å²) in [7, 11) is 0. The Morgan fingerprint density at radius 1 is 0.607 bits per heavy atom. The molecule has 0 N–H and O–H groups in total. The molecule has 0 radical (unpaired) electrons. The number of ether oxygens (including phenoxy) is 1. The van der Waals surface area contributed by atoms with E-state index in [1.54, 1.807) is 0 Å². The van der Waals surface area contributed by atoms with Crippen molar-refractivity contribution < 1.29 is 4.74 Å². The van der Waals surface area contributed by atoms with E-state index in [9.17, 15) is 0 Å². The van der Waals surface area contributed by atoms with Gasteiger partial charge in [-0.1, -0.05) is 69.6 Å². The van der Waals surface area contributed by atoms with Crippen molar-refractivity contribution >= 4 is 0 Å². The third-order valence-corrected chi connectivity index (χ3v) is 4.50. The molecule has 1 heteroatoms. The minimum absolute atomic E-state index is 0.794. The van der Waals surface area contributed by atoms with Crippen LogP contribution in [-0.2, 0) is 0 Å². The van der Waals surface area contributed by atoms with E-state index in [0.717, 1.165) is 41.9 Å². The van der Waals surface area contributed by atoms with Crippen molar-refractivity contribution in [2.45, 2.75) is 65.2 Å². The summed E-state index contributed by atoms with van der Waals surface area (Å²) in [5.74, 6) is 13.8. The molecule has 0 saturated carbocycles. The van der Waals surface area contributed by atoms with Gasteiger partial charge in [-0.05, 0) is 61.4 Å². The van der Waals surface area contributed by atoms with Gasteiger partial charge in [0, 0.05) is 23.1 Å². The molecule has 0 atom stereocenters. The van der Waals surface area contributed by atoms with Gasteiger partial charge >= 0.3 is 0 Å². The smallest absolute Gasteiger partial charge is 0.119 e. The van der Waals surface area contributed by atoms with Crippen LogP contribution in [0.3, 0.4) is 0 Å². The van der Waals surface area contributed by atoms with Crippen LogP contribution in [0.5, 0.6) is 5.75 Å². The molecule has 0 saturated heterocycles. The summed E-state index contributed by atoms with van der Waals surface area (Å²) in [6, 6.07) is 16.2. The molecule has 2 aromatic carbocycles. The fourth-order valence-corrected chi connectivity index (χ4v) is 2.74. The molecule has 0 amide bonds. The fraction of sp³-hybridized carbons (Fsp3) is 0.407. The fourth-order valence-electron chi connectivity index (χ4n) is 2.74. The van der Waals surface area contributed by atoms with Crippen LogP contribution in [0.1, 0.15) is 81.9 Å². The summed E-state index contributed by atoms with van der Waals surface area (Å²) in [5, 5.41) is 0. The number of benzene rings is 2. The zero-order valence-corrected chi connectivity index (χ0v) is 17.4. The van der Waals surface area contributed by atoms with E-state index in [4.69, 9.17) is 4.74 Å². The average molecular weight is 373 g/mol. The molecule has 0 aliphatic rings. The normalized spacial score (nSPS) is 9.79. The van der Waals surface area contributed by atoms with Gasteiger partial charge in [-0.3, -0.25) is 0 Å². The Hall–Kier alpha value is -2.64. The molecule has 0 bridgehead atoms. The highest BCUT2D eigenvalue weighted by Gasteiger charge is 1.95. The van der Waals surface area contributed by atoms with Crippen LogP contribution in [0.4, 0.5) is 0 Å². The first-order valence-corrected chi connectivity index (χ1v) is 10.7. The number of hydrogen-bond acceptors (Lipinski definition) is 1. The molecule has 0 heterocycles. The monoisotopic (exact) mass is 372 g/mol. The first-order chi connectivity index (χ1) is 13.8. The standard InChI is InChI=1S/C27H32O/c1-3-5-7-9-11-23-28-27-21-19-26(20-22-27)18-17-25-15-13-24(14-16-25)12-10-8-6-4-2/h13-16,19-22H,3-9,11,23H2,1-2H3. The lowest BCUT2D eigenvalue weighted by molar-refractivity contribution is 0.304. The maximum absolute atomic E-state index is 5.80. The summed E-state index contributed by atoms with van der Waals surface area (Å²) >= 11 is 0. The lowest BCUT2D eigenvalue weighted by Crippen LogP contribution is -1.97. The third kappa shape index (κ3) is 8.83. The average Bonchev–Trinajstić information content (AvgIpc) is 2.74. The molecule has 2 rings (SSSR count). The second kappa shape index (κ2) is 13.5. The van der Waals surface area contributed by atoms with Crippen molar-refractivity contribution in [3.63, 3.8) is 0 Å². The van der Waals surface area contributed by atoms with Gasteiger partial charge in [0.25, 0.3) is 0 Å². The van der Waals surface area contributed by atoms with Crippen molar-refractivity contribution in [2.75, 3.05) is 6.61 Å². The highest BCUT2D eigenvalue weighted by atomic mass is 16.5. The van der Waals surface area contributed by atoms with Gasteiger partial charge in [-0.15, -0.1) is 0 Å². The van der Waals surface area contributed by atoms with Crippen LogP contribution in [0.15, 0.2) is 48.5 Å². The first-order valence-electron chi connectivity index (χ1n) is 10.7. The Balaban J connectivity index is 1.80. The van der Waals surface area contributed by atoms with E-state index < -0.39 is 0 Å². The van der Waals surface area contributed by atoms with Crippen LogP contribution in [0, 0.1) is 23.7 Å². The van der Waals surface area contributed by atoms with Crippen molar-refractivity contribution in [3.8, 4) is 29.4 Å².